The van der Waals surface area contributed by atoms with Crippen LogP contribution in [0.4, 0.5) is 5.82 Å². The number of likely N-dealkylation sites (tertiary alicyclic amines) is 2. The van der Waals surface area contributed by atoms with Crippen molar-refractivity contribution in [3.05, 3.63) is 42.1 Å². The predicted octanol–water partition coefficient (Wildman–Crippen LogP) is 2.76. The van der Waals surface area contributed by atoms with Crippen LogP contribution in [0.25, 0.3) is 22.2 Å². The van der Waals surface area contributed by atoms with Crippen LogP contribution in [0.1, 0.15) is 24.0 Å². The monoisotopic (exact) mass is 512 g/mol. The van der Waals surface area contributed by atoms with Crippen LogP contribution in [-0.4, -0.2) is 88.8 Å². The van der Waals surface area contributed by atoms with E-state index < -0.39 is 0 Å². The van der Waals surface area contributed by atoms with Crippen LogP contribution in [-0.2, 0) is 4.79 Å². The van der Waals surface area contributed by atoms with Gasteiger partial charge in [-0.15, -0.1) is 0 Å². The van der Waals surface area contributed by atoms with E-state index in [1.807, 2.05) is 24.0 Å². The van der Waals surface area contributed by atoms with E-state index in [4.69, 9.17) is 14.7 Å². The number of ether oxygens (including phenoxy) is 1. The highest BCUT2D eigenvalue weighted by atomic mass is 16.5. The van der Waals surface area contributed by atoms with Crippen LogP contribution in [0.3, 0.4) is 0 Å². The van der Waals surface area contributed by atoms with Gasteiger partial charge in [0, 0.05) is 55.0 Å². The molecule has 1 aromatic carbocycles. The Morgan fingerprint density at radius 1 is 1.32 bits per heavy atom. The van der Waals surface area contributed by atoms with Gasteiger partial charge in [-0.05, 0) is 51.1 Å². The second kappa shape index (κ2) is 9.40. The molecule has 38 heavy (non-hydrogen) atoms. The molecular formula is C28H32N8O2. The maximum Gasteiger partial charge on any atom is 0.319 e. The van der Waals surface area contributed by atoms with Gasteiger partial charge in [0.1, 0.15) is 11.6 Å². The number of nitrogens with zero attached hydrogens (tertiary/aromatic N) is 7. The Labute approximate surface area is 221 Å². The van der Waals surface area contributed by atoms with Crippen molar-refractivity contribution in [2.45, 2.75) is 19.8 Å². The largest absolute Gasteiger partial charge is 0.463 e. The molecule has 3 fully saturated rings. The number of anilines is 1. The number of amides is 1. The lowest BCUT2D eigenvalue weighted by molar-refractivity contribution is -0.136. The third kappa shape index (κ3) is 4.17. The molecule has 10 nitrogen and oxygen atoms in total. The van der Waals surface area contributed by atoms with Crippen LogP contribution >= 0.6 is 0 Å². The molecule has 3 aliphatic rings. The SMILES string of the molecule is C=CC(=O)N1CC2(CCN(c3nc(OC[C@H]4CCN(C)C4)nc(-c4c(C)ccc5[nH]ncc45)c3C#N)C2)C1. The highest BCUT2D eigenvalue weighted by molar-refractivity contribution is 5.97. The number of nitrogens with one attached hydrogen (secondary N) is 1. The van der Waals surface area contributed by atoms with E-state index in [9.17, 15) is 10.1 Å². The number of benzene rings is 1. The molecule has 0 aliphatic carbocycles. The number of H-pyrrole nitrogens is 1. The van der Waals surface area contributed by atoms with E-state index in [-0.39, 0.29) is 11.3 Å². The number of hydrogen-bond acceptors (Lipinski definition) is 8. The van der Waals surface area contributed by atoms with Crippen molar-refractivity contribution in [1.82, 2.24) is 30.0 Å². The number of carbonyl (C=O) groups excluding carboxylic acids is 1. The summed E-state index contributed by atoms with van der Waals surface area (Å²) >= 11 is 0. The molecule has 1 spiro atoms. The number of aryl methyl sites for hydroxylation is 1. The number of rotatable bonds is 6. The first-order valence-electron chi connectivity index (χ1n) is 13.1. The second-order valence-electron chi connectivity index (χ2n) is 11.1. The quantitative estimate of drug-likeness (QED) is 0.502. The van der Waals surface area contributed by atoms with Crippen LogP contribution in [0.15, 0.2) is 31.0 Å². The van der Waals surface area contributed by atoms with Gasteiger partial charge in [0.15, 0.2) is 5.82 Å². The lowest BCUT2D eigenvalue weighted by Gasteiger charge is -2.47. The molecule has 196 valence electrons. The van der Waals surface area contributed by atoms with Gasteiger partial charge >= 0.3 is 6.01 Å². The standard InChI is InChI=1S/C28H32N8O2/c1-4-23(37)36-16-28(17-36)8-10-35(15-28)26-20(11-29)25(24-18(2)5-6-22-21(24)12-30-33-22)31-27(32-26)38-14-19-7-9-34(3)13-19/h4-6,12,19H,1,7-10,13-17H2,2-3H3,(H,30,33)/t19-/m0/s1. The molecule has 0 saturated carbocycles. The van der Waals surface area contributed by atoms with Gasteiger partial charge in [-0.1, -0.05) is 12.6 Å². The molecule has 6 rings (SSSR count). The summed E-state index contributed by atoms with van der Waals surface area (Å²) in [5.41, 5.74) is 3.75. The summed E-state index contributed by atoms with van der Waals surface area (Å²) in [5, 5.41) is 18.6. The van der Waals surface area contributed by atoms with Gasteiger partial charge in [-0.25, -0.2) is 0 Å². The van der Waals surface area contributed by atoms with Crippen LogP contribution < -0.4 is 9.64 Å². The fourth-order valence-corrected chi connectivity index (χ4v) is 6.22. The zero-order chi connectivity index (χ0) is 26.4. The highest BCUT2D eigenvalue weighted by Crippen LogP contribution is 2.43. The zero-order valence-corrected chi connectivity index (χ0v) is 21.9. The summed E-state index contributed by atoms with van der Waals surface area (Å²) < 4.78 is 6.22. The molecule has 0 bridgehead atoms. The fourth-order valence-electron chi connectivity index (χ4n) is 6.22. The first kappa shape index (κ1) is 24.4. The Kier molecular flexibility index (Phi) is 6.03. The van der Waals surface area contributed by atoms with Gasteiger partial charge < -0.3 is 19.4 Å². The van der Waals surface area contributed by atoms with Crippen molar-refractivity contribution < 1.29 is 9.53 Å². The summed E-state index contributed by atoms with van der Waals surface area (Å²) in [6.45, 7) is 11.1. The molecule has 3 saturated heterocycles. The van der Waals surface area contributed by atoms with Crippen molar-refractivity contribution in [3.63, 3.8) is 0 Å². The summed E-state index contributed by atoms with van der Waals surface area (Å²) in [5.74, 6) is 0.984. The van der Waals surface area contributed by atoms with Gasteiger partial charge in [0.05, 0.1) is 24.0 Å². The molecule has 3 aliphatic heterocycles. The summed E-state index contributed by atoms with van der Waals surface area (Å²) in [4.78, 5) is 28.0. The lowest BCUT2D eigenvalue weighted by atomic mass is 9.79. The zero-order valence-electron chi connectivity index (χ0n) is 21.9. The van der Waals surface area contributed by atoms with Gasteiger partial charge in [-0.3, -0.25) is 9.89 Å². The van der Waals surface area contributed by atoms with Crippen molar-refractivity contribution in [2.75, 3.05) is 57.8 Å². The summed E-state index contributed by atoms with van der Waals surface area (Å²) in [6.07, 6.45) is 5.15. The molecule has 0 radical (unpaired) electrons. The lowest BCUT2D eigenvalue weighted by Crippen LogP contribution is -2.59. The minimum absolute atomic E-state index is 0.00640. The van der Waals surface area contributed by atoms with Crippen molar-refractivity contribution in [2.24, 2.45) is 11.3 Å². The first-order valence-corrected chi connectivity index (χ1v) is 13.1. The smallest absolute Gasteiger partial charge is 0.319 e. The average molecular weight is 513 g/mol. The fraction of sp³-hybridized carbons (Fsp3) is 0.464. The van der Waals surface area contributed by atoms with E-state index in [1.165, 1.54) is 6.08 Å². The van der Waals surface area contributed by atoms with E-state index in [2.05, 4.69) is 39.7 Å². The minimum atomic E-state index is -0.0342. The third-order valence-corrected chi connectivity index (χ3v) is 8.26. The Bertz CT molecular complexity index is 1450. The van der Waals surface area contributed by atoms with Crippen LogP contribution in [0.2, 0.25) is 0 Å². The number of hydrogen-bond donors (Lipinski definition) is 1. The first-order chi connectivity index (χ1) is 18.4. The van der Waals surface area contributed by atoms with Gasteiger partial charge in [-0.2, -0.15) is 20.3 Å². The van der Waals surface area contributed by atoms with E-state index >= 15 is 0 Å². The Balaban J connectivity index is 1.38. The second-order valence-corrected chi connectivity index (χ2v) is 11.1. The predicted molar refractivity (Wildman–Crippen MR) is 144 cm³/mol. The topological polar surface area (TPSA) is 114 Å². The van der Waals surface area contributed by atoms with Crippen molar-refractivity contribution in [1.29, 1.82) is 5.26 Å². The molecule has 10 heteroatoms. The summed E-state index contributed by atoms with van der Waals surface area (Å²) in [7, 11) is 2.12. The molecular weight excluding hydrogens is 480 g/mol. The normalized spacial score (nSPS) is 20.6. The maximum atomic E-state index is 12.1. The van der Waals surface area contributed by atoms with E-state index in [1.54, 1.807) is 6.20 Å². The third-order valence-electron chi connectivity index (χ3n) is 8.26. The number of carbonyl (C=O) groups is 1. The Morgan fingerprint density at radius 2 is 2.16 bits per heavy atom. The Hall–Kier alpha value is -3.97. The van der Waals surface area contributed by atoms with Crippen molar-refractivity contribution >= 4 is 22.6 Å². The molecule has 3 aromatic rings. The average Bonchev–Trinajstić information content (AvgIpc) is 3.65. The number of fused-ring (bicyclic) bond motifs is 1. The summed E-state index contributed by atoms with van der Waals surface area (Å²) in [6, 6.07) is 6.71. The number of aromatic amines is 1. The van der Waals surface area contributed by atoms with Crippen molar-refractivity contribution in [3.8, 4) is 23.3 Å². The van der Waals surface area contributed by atoms with E-state index in [0.717, 1.165) is 61.1 Å². The molecule has 0 unspecified atom stereocenters. The number of nitriles is 1. The molecule has 1 N–H and O–H groups in total. The minimum Gasteiger partial charge on any atom is -0.463 e. The molecule has 1 atom stereocenters. The number of aromatic nitrogens is 4. The highest BCUT2D eigenvalue weighted by Gasteiger charge is 2.49. The molecule has 2 aromatic heterocycles. The van der Waals surface area contributed by atoms with E-state index in [0.29, 0.717) is 48.7 Å². The van der Waals surface area contributed by atoms with Gasteiger partial charge in [0.2, 0.25) is 5.91 Å². The molecule has 5 heterocycles. The van der Waals surface area contributed by atoms with Crippen LogP contribution in [0, 0.1) is 29.6 Å². The van der Waals surface area contributed by atoms with Gasteiger partial charge in [0.25, 0.3) is 0 Å². The van der Waals surface area contributed by atoms with Crippen LogP contribution in [0.5, 0.6) is 6.01 Å². The maximum absolute atomic E-state index is 12.1. The molecule has 1 amide bonds. The Morgan fingerprint density at radius 3 is 2.89 bits per heavy atom.